The third-order valence-electron chi connectivity index (χ3n) is 4.36. The number of ether oxygens (including phenoxy) is 1. The van der Waals surface area contributed by atoms with E-state index in [-0.39, 0.29) is 5.97 Å². The van der Waals surface area contributed by atoms with E-state index >= 15 is 0 Å². The van der Waals surface area contributed by atoms with Crippen LogP contribution in [0.4, 0.5) is 0 Å². The molecule has 0 spiro atoms. The summed E-state index contributed by atoms with van der Waals surface area (Å²) in [5.74, 6) is -0.281. The zero-order chi connectivity index (χ0) is 16.5. The van der Waals surface area contributed by atoms with Crippen LogP contribution >= 0.6 is 0 Å². The molecule has 0 aromatic heterocycles. The first-order chi connectivity index (χ1) is 11.1. The van der Waals surface area contributed by atoms with Crippen LogP contribution in [0.2, 0.25) is 0 Å². The van der Waals surface area contributed by atoms with Gasteiger partial charge in [-0.05, 0) is 31.4 Å². The van der Waals surface area contributed by atoms with E-state index in [4.69, 9.17) is 4.74 Å². The van der Waals surface area contributed by atoms with Crippen molar-refractivity contribution >= 4 is 12.0 Å². The van der Waals surface area contributed by atoms with Crippen LogP contribution in [-0.4, -0.2) is 23.3 Å². The van der Waals surface area contributed by atoms with E-state index in [0.717, 1.165) is 37.7 Å². The lowest BCUT2D eigenvalue weighted by atomic mass is 9.95. The third kappa shape index (κ3) is 6.19. The van der Waals surface area contributed by atoms with Crippen LogP contribution in [0.15, 0.2) is 30.3 Å². The summed E-state index contributed by atoms with van der Waals surface area (Å²) in [7, 11) is 0. The fourth-order valence-corrected chi connectivity index (χ4v) is 2.89. The summed E-state index contributed by atoms with van der Waals surface area (Å²) in [6.07, 6.45) is 12.2. The number of hydrogen-bond donors (Lipinski definition) is 1. The summed E-state index contributed by atoms with van der Waals surface area (Å²) in [6.45, 7) is 2.31. The van der Waals surface area contributed by atoms with E-state index in [1.807, 2.05) is 31.2 Å². The van der Waals surface area contributed by atoms with Gasteiger partial charge < -0.3 is 9.84 Å². The molecule has 2 rings (SSSR count). The van der Waals surface area contributed by atoms with Crippen molar-refractivity contribution in [3.8, 4) is 0 Å². The van der Waals surface area contributed by atoms with Crippen molar-refractivity contribution in [3.63, 3.8) is 0 Å². The van der Waals surface area contributed by atoms with Crippen LogP contribution in [-0.2, 0) is 4.74 Å². The average molecular weight is 316 g/mol. The van der Waals surface area contributed by atoms with Gasteiger partial charge in [0.1, 0.15) is 0 Å². The molecule has 23 heavy (non-hydrogen) atoms. The smallest absolute Gasteiger partial charge is 0.338 e. The van der Waals surface area contributed by atoms with Crippen molar-refractivity contribution in [1.29, 1.82) is 0 Å². The zero-order valence-corrected chi connectivity index (χ0v) is 14.1. The summed E-state index contributed by atoms with van der Waals surface area (Å²) in [5, 5.41) is 10.5. The molecule has 3 heteroatoms. The van der Waals surface area contributed by atoms with E-state index in [1.54, 1.807) is 12.1 Å². The monoisotopic (exact) mass is 316 g/mol. The van der Waals surface area contributed by atoms with Gasteiger partial charge in [-0.25, -0.2) is 4.79 Å². The highest BCUT2D eigenvalue weighted by molar-refractivity contribution is 5.93. The molecule has 1 aromatic carbocycles. The van der Waals surface area contributed by atoms with Crippen LogP contribution in [0, 0.1) is 0 Å². The summed E-state index contributed by atoms with van der Waals surface area (Å²) in [5.41, 5.74) is 0.519. The molecule has 0 fully saturated rings. The maximum Gasteiger partial charge on any atom is 0.338 e. The molecule has 0 amide bonds. The maximum absolute atomic E-state index is 12.2. The number of cyclic esters (lactones) is 1. The number of fused-ring (bicyclic) bond motifs is 1. The van der Waals surface area contributed by atoms with Gasteiger partial charge in [0.05, 0.1) is 17.8 Å². The van der Waals surface area contributed by atoms with Crippen LogP contribution in [0.3, 0.4) is 0 Å². The van der Waals surface area contributed by atoms with Gasteiger partial charge in [-0.1, -0.05) is 68.9 Å². The average Bonchev–Trinajstić information content (AvgIpc) is 2.54. The molecule has 1 N–H and O–H groups in total. The Morgan fingerprint density at radius 3 is 2.43 bits per heavy atom. The first kappa shape index (κ1) is 17.7. The number of aliphatic hydroxyl groups is 1. The molecule has 126 valence electrons. The van der Waals surface area contributed by atoms with Gasteiger partial charge in [-0.3, -0.25) is 0 Å². The van der Waals surface area contributed by atoms with Gasteiger partial charge in [0.25, 0.3) is 0 Å². The highest BCUT2D eigenvalue weighted by atomic mass is 16.5. The van der Waals surface area contributed by atoms with E-state index in [2.05, 4.69) is 0 Å². The maximum atomic E-state index is 12.2. The summed E-state index contributed by atoms with van der Waals surface area (Å²) < 4.78 is 5.39. The minimum atomic E-state index is -0.839. The van der Waals surface area contributed by atoms with Crippen LogP contribution in [0.1, 0.15) is 74.2 Å². The third-order valence-corrected chi connectivity index (χ3v) is 4.36. The first-order valence-corrected chi connectivity index (χ1v) is 8.76. The Morgan fingerprint density at radius 1 is 1.00 bits per heavy atom. The molecule has 1 atom stereocenters. The molecule has 1 heterocycles. The standard InChI is InChI=1S/C20H28O3/c1-20(22)14-9-5-3-2-4-6-10-16-23-19(21)18-12-8-7-11-17(18)13-15-20/h7-8,11-13,15,22H,2-6,9-10,14,16H2,1H3/b15-13+. The summed E-state index contributed by atoms with van der Waals surface area (Å²) in [4.78, 5) is 12.2. The number of rotatable bonds is 0. The normalized spacial score (nSPS) is 26.1. The molecular weight excluding hydrogens is 288 g/mol. The molecule has 1 unspecified atom stereocenters. The Balaban J connectivity index is 2.16. The molecule has 0 aliphatic carbocycles. The predicted molar refractivity (Wildman–Crippen MR) is 93.3 cm³/mol. The van der Waals surface area contributed by atoms with Crippen molar-refractivity contribution in [1.82, 2.24) is 0 Å². The highest BCUT2D eigenvalue weighted by Crippen LogP contribution is 2.21. The van der Waals surface area contributed by atoms with Crippen LogP contribution in [0.5, 0.6) is 0 Å². The lowest BCUT2D eigenvalue weighted by Gasteiger charge is -2.19. The van der Waals surface area contributed by atoms with Gasteiger partial charge in [0, 0.05) is 0 Å². The van der Waals surface area contributed by atoms with Gasteiger partial charge in [-0.2, -0.15) is 0 Å². The Morgan fingerprint density at radius 2 is 1.65 bits per heavy atom. The fraction of sp³-hybridized carbons (Fsp3) is 0.550. The van der Waals surface area contributed by atoms with E-state index in [0.29, 0.717) is 12.2 Å². The fourth-order valence-electron chi connectivity index (χ4n) is 2.89. The molecule has 1 aliphatic heterocycles. The SMILES string of the molecule is CC1(O)/C=C/c2ccccc2C(=O)OCCCCCCCCC1. The Kier molecular flexibility index (Phi) is 6.85. The van der Waals surface area contributed by atoms with E-state index in [1.165, 1.54) is 19.3 Å². The number of esters is 1. The topological polar surface area (TPSA) is 46.5 Å². The van der Waals surface area contributed by atoms with Gasteiger partial charge in [-0.15, -0.1) is 0 Å². The summed E-state index contributed by atoms with van der Waals surface area (Å²) in [6, 6.07) is 7.39. The predicted octanol–water partition coefficient (Wildman–Crippen LogP) is 4.74. The van der Waals surface area contributed by atoms with Crippen LogP contribution < -0.4 is 0 Å². The van der Waals surface area contributed by atoms with Gasteiger partial charge >= 0.3 is 5.97 Å². The lowest BCUT2D eigenvalue weighted by molar-refractivity contribution is 0.0497. The Bertz CT molecular complexity index is 531. The van der Waals surface area contributed by atoms with E-state index in [9.17, 15) is 9.90 Å². The number of carbonyl (C=O) groups is 1. The van der Waals surface area contributed by atoms with Crippen molar-refractivity contribution in [2.45, 2.75) is 63.9 Å². The first-order valence-electron chi connectivity index (χ1n) is 8.76. The molecule has 1 aliphatic rings. The Hall–Kier alpha value is -1.61. The summed E-state index contributed by atoms with van der Waals surface area (Å²) >= 11 is 0. The minimum absolute atomic E-state index is 0.281. The van der Waals surface area contributed by atoms with Crippen molar-refractivity contribution < 1.29 is 14.6 Å². The molecule has 0 saturated heterocycles. The number of hydrogen-bond acceptors (Lipinski definition) is 3. The second-order valence-electron chi connectivity index (χ2n) is 6.64. The van der Waals surface area contributed by atoms with Gasteiger partial charge in [0.2, 0.25) is 0 Å². The molecular formula is C20H28O3. The van der Waals surface area contributed by atoms with Crippen molar-refractivity contribution in [2.24, 2.45) is 0 Å². The molecule has 0 bridgehead atoms. The van der Waals surface area contributed by atoms with Crippen LogP contribution in [0.25, 0.3) is 6.08 Å². The molecule has 0 saturated carbocycles. The van der Waals surface area contributed by atoms with Crippen molar-refractivity contribution in [2.75, 3.05) is 6.61 Å². The number of benzene rings is 1. The molecule has 0 radical (unpaired) electrons. The Labute approximate surface area is 139 Å². The van der Waals surface area contributed by atoms with Gasteiger partial charge in [0.15, 0.2) is 0 Å². The molecule has 1 aromatic rings. The van der Waals surface area contributed by atoms with Crippen molar-refractivity contribution in [3.05, 3.63) is 41.5 Å². The lowest BCUT2D eigenvalue weighted by Crippen LogP contribution is -2.20. The second-order valence-corrected chi connectivity index (χ2v) is 6.64. The quantitative estimate of drug-likeness (QED) is 0.703. The molecule has 3 nitrogen and oxygen atoms in total. The van der Waals surface area contributed by atoms with E-state index < -0.39 is 5.60 Å². The second kappa shape index (κ2) is 8.88. The highest BCUT2D eigenvalue weighted by Gasteiger charge is 2.17. The largest absolute Gasteiger partial charge is 0.462 e. The number of carbonyl (C=O) groups excluding carboxylic acids is 1. The minimum Gasteiger partial charge on any atom is -0.462 e. The zero-order valence-electron chi connectivity index (χ0n) is 14.1.